The van der Waals surface area contributed by atoms with Crippen molar-refractivity contribution in [2.24, 2.45) is 5.10 Å². The van der Waals surface area contributed by atoms with Crippen molar-refractivity contribution in [2.75, 3.05) is 0 Å². The fourth-order valence-corrected chi connectivity index (χ4v) is 2.92. The van der Waals surface area contributed by atoms with E-state index < -0.39 is 0 Å². The number of furan rings is 1. The predicted molar refractivity (Wildman–Crippen MR) is 103 cm³/mol. The molecule has 1 heterocycles. The Kier molecular flexibility index (Phi) is 5.61. The molecule has 1 aromatic heterocycles. The van der Waals surface area contributed by atoms with Gasteiger partial charge in [-0.2, -0.15) is 5.10 Å². The zero-order valence-corrected chi connectivity index (χ0v) is 15.6. The maximum Gasteiger partial charge on any atom is 0.147 e. The van der Waals surface area contributed by atoms with Crippen LogP contribution in [0.3, 0.4) is 0 Å². The van der Waals surface area contributed by atoms with Gasteiger partial charge in [-0.3, -0.25) is 0 Å². The summed E-state index contributed by atoms with van der Waals surface area (Å²) in [6, 6.07) is 17.1. The average molecular weight is 424 g/mol. The van der Waals surface area contributed by atoms with Gasteiger partial charge in [0.1, 0.15) is 11.5 Å². The second-order valence-corrected chi connectivity index (χ2v) is 6.73. The fourth-order valence-electron chi connectivity index (χ4n) is 2.13. The van der Waals surface area contributed by atoms with E-state index in [4.69, 9.17) is 27.6 Å². The van der Waals surface area contributed by atoms with Crippen molar-refractivity contribution in [3.05, 3.63) is 80.4 Å². The molecule has 0 aliphatic rings. The molecule has 0 spiro atoms. The molecule has 3 nitrogen and oxygen atoms in total. The second-order valence-electron chi connectivity index (χ2n) is 5.00. The summed E-state index contributed by atoms with van der Waals surface area (Å²) in [6.07, 6.45) is 1.62. The minimum Gasteiger partial charge on any atom is -0.455 e. The zero-order chi connectivity index (χ0) is 16.9. The number of hydrogen-bond donors (Lipinski definition) is 1. The van der Waals surface area contributed by atoms with Crippen LogP contribution in [-0.4, -0.2) is 6.21 Å². The molecule has 1 N–H and O–H groups in total. The molecule has 0 saturated carbocycles. The number of nitrogens with one attached hydrogen (secondary N) is 1. The molecule has 3 aromatic rings. The van der Waals surface area contributed by atoms with Crippen molar-refractivity contribution < 1.29 is 4.42 Å². The van der Waals surface area contributed by atoms with Gasteiger partial charge in [0.05, 0.1) is 12.8 Å². The Morgan fingerprint density at radius 2 is 1.71 bits per heavy atom. The lowest BCUT2D eigenvalue weighted by Crippen LogP contribution is -2.06. The van der Waals surface area contributed by atoms with E-state index in [2.05, 4.69) is 26.5 Å². The summed E-state index contributed by atoms with van der Waals surface area (Å²) >= 11 is 15.6. The molecule has 0 amide bonds. The molecule has 0 unspecified atom stereocenters. The van der Waals surface area contributed by atoms with Crippen LogP contribution in [0, 0.1) is 0 Å². The molecule has 0 atom stereocenters. The first-order chi connectivity index (χ1) is 11.6. The van der Waals surface area contributed by atoms with Gasteiger partial charge in [0.25, 0.3) is 0 Å². The van der Waals surface area contributed by atoms with E-state index in [1.165, 1.54) is 0 Å². The lowest BCUT2D eigenvalue weighted by Gasteiger charge is -2.05. The molecule has 2 aromatic carbocycles. The summed E-state index contributed by atoms with van der Waals surface area (Å²) in [5.74, 6) is 1.45. The van der Waals surface area contributed by atoms with Gasteiger partial charge in [0.15, 0.2) is 0 Å². The van der Waals surface area contributed by atoms with Gasteiger partial charge >= 0.3 is 0 Å². The highest BCUT2D eigenvalue weighted by Crippen LogP contribution is 2.24. The molecule has 24 heavy (non-hydrogen) atoms. The number of rotatable bonds is 5. The first-order valence-electron chi connectivity index (χ1n) is 7.18. The largest absolute Gasteiger partial charge is 0.455 e. The van der Waals surface area contributed by atoms with Crippen molar-refractivity contribution in [3.8, 4) is 11.3 Å². The molecule has 122 valence electrons. The Hall–Kier alpha value is -1.75. The summed E-state index contributed by atoms with van der Waals surface area (Å²) in [7, 11) is 0. The van der Waals surface area contributed by atoms with Crippen molar-refractivity contribution in [3.63, 3.8) is 0 Å². The summed E-state index contributed by atoms with van der Waals surface area (Å²) in [4.78, 5) is 0. The Morgan fingerprint density at radius 3 is 2.42 bits per heavy atom. The third-order valence-corrected chi connectivity index (χ3v) is 4.59. The highest BCUT2D eigenvalue weighted by molar-refractivity contribution is 9.10. The molecule has 3 rings (SSSR count). The molecule has 0 aliphatic carbocycles. The van der Waals surface area contributed by atoms with E-state index in [1.807, 2.05) is 42.5 Å². The molecule has 0 aliphatic heterocycles. The van der Waals surface area contributed by atoms with Crippen LogP contribution in [0.1, 0.15) is 11.3 Å². The summed E-state index contributed by atoms with van der Waals surface area (Å²) < 4.78 is 6.78. The molecule has 0 fully saturated rings. The fraction of sp³-hybridized carbons (Fsp3) is 0.0556. The Bertz CT molecular complexity index is 839. The monoisotopic (exact) mass is 422 g/mol. The quantitative estimate of drug-likeness (QED) is 0.395. The minimum absolute atomic E-state index is 0.440. The molecule has 6 heteroatoms. The van der Waals surface area contributed by atoms with Gasteiger partial charge in [0, 0.05) is 25.6 Å². The third kappa shape index (κ3) is 4.20. The van der Waals surface area contributed by atoms with Crippen LogP contribution in [0.25, 0.3) is 11.3 Å². The van der Waals surface area contributed by atoms with E-state index >= 15 is 0 Å². The topological polar surface area (TPSA) is 37.5 Å². The van der Waals surface area contributed by atoms with E-state index in [9.17, 15) is 0 Å². The van der Waals surface area contributed by atoms with Gasteiger partial charge in [-0.1, -0.05) is 57.3 Å². The molecule has 0 saturated heterocycles. The molecule has 0 bridgehead atoms. The van der Waals surface area contributed by atoms with Crippen LogP contribution in [0.2, 0.25) is 10.0 Å². The molecule has 0 radical (unpaired) electrons. The first-order valence-corrected chi connectivity index (χ1v) is 8.73. The van der Waals surface area contributed by atoms with Gasteiger partial charge in [0.2, 0.25) is 0 Å². The second kappa shape index (κ2) is 7.88. The maximum absolute atomic E-state index is 6.11. The van der Waals surface area contributed by atoms with Crippen molar-refractivity contribution in [1.29, 1.82) is 0 Å². The lowest BCUT2D eigenvalue weighted by atomic mass is 10.2. The maximum atomic E-state index is 6.11. The van der Waals surface area contributed by atoms with Crippen LogP contribution in [0.4, 0.5) is 0 Å². The summed E-state index contributed by atoms with van der Waals surface area (Å²) in [5, 5.41) is 5.37. The van der Waals surface area contributed by atoms with Gasteiger partial charge in [-0.25, -0.2) is 0 Å². The van der Waals surface area contributed by atoms with Crippen LogP contribution < -0.4 is 5.43 Å². The van der Waals surface area contributed by atoms with E-state index in [1.54, 1.807) is 18.3 Å². The van der Waals surface area contributed by atoms with Crippen molar-refractivity contribution in [1.82, 2.24) is 5.43 Å². The molecular weight excluding hydrogens is 411 g/mol. The summed E-state index contributed by atoms with van der Waals surface area (Å²) in [6.45, 7) is 0.440. The Morgan fingerprint density at radius 1 is 1.00 bits per heavy atom. The predicted octanol–water partition coefficient (Wildman–Crippen LogP) is 6.14. The highest BCUT2D eigenvalue weighted by Gasteiger charge is 2.05. The van der Waals surface area contributed by atoms with Crippen LogP contribution >= 0.6 is 39.1 Å². The highest BCUT2D eigenvalue weighted by atomic mass is 79.9. The SMILES string of the molecule is Clc1cccc(Cl)c1CN/N=C/c1ccc(-c2ccc(Br)cc2)o1. The third-order valence-electron chi connectivity index (χ3n) is 3.36. The van der Waals surface area contributed by atoms with Crippen molar-refractivity contribution in [2.45, 2.75) is 6.54 Å². The number of benzene rings is 2. The van der Waals surface area contributed by atoms with Crippen LogP contribution in [0.5, 0.6) is 0 Å². The summed E-state index contributed by atoms with van der Waals surface area (Å²) in [5.41, 5.74) is 4.74. The number of hydrazone groups is 1. The average Bonchev–Trinajstić information content (AvgIpc) is 3.03. The molecular formula is C18H13BrCl2N2O. The standard InChI is InChI=1S/C18H13BrCl2N2O/c19-13-6-4-12(5-7-13)18-9-8-14(24-18)10-22-23-11-15-16(20)2-1-3-17(15)21/h1-10,23H,11H2/b22-10+. The van der Waals surface area contributed by atoms with Gasteiger partial charge in [-0.05, 0) is 36.4 Å². The van der Waals surface area contributed by atoms with E-state index in [-0.39, 0.29) is 0 Å². The van der Waals surface area contributed by atoms with E-state index in [0.717, 1.165) is 21.4 Å². The number of nitrogens with zero attached hydrogens (tertiary/aromatic N) is 1. The first kappa shape index (κ1) is 17.1. The Labute approximate surface area is 158 Å². The normalized spacial score (nSPS) is 11.1. The smallest absolute Gasteiger partial charge is 0.147 e. The minimum atomic E-state index is 0.440. The van der Waals surface area contributed by atoms with Gasteiger partial charge < -0.3 is 9.84 Å². The zero-order valence-electron chi connectivity index (χ0n) is 12.5. The number of hydrogen-bond acceptors (Lipinski definition) is 3. The van der Waals surface area contributed by atoms with Gasteiger partial charge in [-0.15, -0.1) is 0 Å². The lowest BCUT2D eigenvalue weighted by molar-refractivity contribution is 0.573. The van der Waals surface area contributed by atoms with Crippen LogP contribution in [-0.2, 0) is 6.54 Å². The van der Waals surface area contributed by atoms with Crippen LogP contribution in [0.15, 0.2) is 68.6 Å². The van der Waals surface area contributed by atoms with Crippen molar-refractivity contribution >= 4 is 45.3 Å². The Balaban J connectivity index is 1.62. The van der Waals surface area contributed by atoms with E-state index in [0.29, 0.717) is 22.4 Å². The number of halogens is 3.